The van der Waals surface area contributed by atoms with Crippen LogP contribution in [0.2, 0.25) is 0 Å². The Labute approximate surface area is 71.5 Å². The maximum Gasteiger partial charge on any atom is 0.115 e. The number of rotatable bonds is 2. The molecule has 12 heavy (non-hydrogen) atoms. The number of nitriles is 1. The maximum atomic E-state index is 8.98. The van der Waals surface area contributed by atoms with Gasteiger partial charge in [0.25, 0.3) is 0 Å². The third kappa shape index (κ3) is 1.89. The van der Waals surface area contributed by atoms with Gasteiger partial charge in [0, 0.05) is 12.7 Å². The van der Waals surface area contributed by atoms with Crippen molar-refractivity contribution in [1.29, 1.82) is 5.26 Å². The molecule has 3 nitrogen and oxygen atoms in total. The minimum absolute atomic E-state index is 0.240. The van der Waals surface area contributed by atoms with Crippen LogP contribution in [0.3, 0.4) is 0 Å². The number of anilines is 1. The number of hydrogen-bond acceptors (Lipinski definition) is 3. The summed E-state index contributed by atoms with van der Waals surface area (Å²) in [5, 5.41) is 17.4. The van der Waals surface area contributed by atoms with Crippen LogP contribution in [0, 0.1) is 11.3 Å². The van der Waals surface area contributed by atoms with Crippen LogP contribution in [0.15, 0.2) is 24.3 Å². The Morgan fingerprint density at radius 1 is 1.42 bits per heavy atom. The maximum absolute atomic E-state index is 8.98. The van der Waals surface area contributed by atoms with Crippen molar-refractivity contribution < 1.29 is 5.11 Å². The largest absolute Gasteiger partial charge is 0.508 e. The molecule has 0 aliphatic carbocycles. The first-order chi connectivity index (χ1) is 5.74. The summed E-state index contributed by atoms with van der Waals surface area (Å²) in [6.45, 7) is 0.352. The summed E-state index contributed by atoms with van der Waals surface area (Å²) in [6.07, 6.45) is 0. The zero-order chi connectivity index (χ0) is 8.97. The smallest absolute Gasteiger partial charge is 0.115 e. The Bertz CT molecular complexity index is 286. The van der Waals surface area contributed by atoms with Crippen molar-refractivity contribution in [3.05, 3.63) is 24.3 Å². The van der Waals surface area contributed by atoms with Gasteiger partial charge in [-0.2, -0.15) is 5.26 Å². The van der Waals surface area contributed by atoms with E-state index >= 15 is 0 Å². The van der Waals surface area contributed by atoms with E-state index in [1.807, 2.05) is 13.1 Å². The fourth-order valence-corrected chi connectivity index (χ4v) is 0.904. The molecule has 0 fully saturated rings. The Kier molecular flexibility index (Phi) is 2.54. The Balaban J connectivity index is 2.76. The first-order valence-corrected chi connectivity index (χ1v) is 3.61. The molecule has 62 valence electrons. The van der Waals surface area contributed by atoms with E-state index in [2.05, 4.69) is 0 Å². The van der Waals surface area contributed by atoms with Gasteiger partial charge in [-0.15, -0.1) is 0 Å². The van der Waals surface area contributed by atoms with Crippen LogP contribution < -0.4 is 4.90 Å². The standard InChI is InChI=1S/C9H10N2O/c1-11(7-6-10)8-2-4-9(12)5-3-8/h2-5,12H,7H2,1H3. The van der Waals surface area contributed by atoms with Crippen LogP contribution in [0.4, 0.5) is 5.69 Å². The number of hydrogen-bond donors (Lipinski definition) is 1. The normalized spacial score (nSPS) is 9.00. The molecule has 1 N–H and O–H groups in total. The number of aromatic hydroxyl groups is 1. The van der Waals surface area contributed by atoms with Gasteiger partial charge in [0.05, 0.1) is 6.07 Å². The molecule has 0 aliphatic rings. The molecular weight excluding hydrogens is 152 g/mol. The number of nitrogens with zero attached hydrogens (tertiary/aromatic N) is 2. The second-order valence-corrected chi connectivity index (χ2v) is 2.53. The molecule has 0 saturated carbocycles. The van der Waals surface area contributed by atoms with Crippen molar-refractivity contribution in [3.8, 4) is 11.8 Å². The van der Waals surface area contributed by atoms with Crippen molar-refractivity contribution in [2.24, 2.45) is 0 Å². The molecule has 1 aromatic rings. The second kappa shape index (κ2) is 3.63. The van der Waals surface area contributed by atoms with Crippen molar-refractivity contribution >= 4 is 5.69 Å². The van der Waals surface area contributed by atoms with E-state index in [9.17, 15) is 0 Å². The summed E-state index contributed by atoms with van der Waals surface area (Å²) in [6, 6.07) is 8.79. The van der Waals surface area contributed by atoms with E-state index in [-0.39, 0.29) is 5.75 Å². The molecule has 0 aliphatic heterocycles. The topological polar surface area (TPSA) is 47.3 Å². The molecule has 0 aromatic heterocycles. The minimum Gasteiger partial charge on any atom is -0.508 e. The van der Waals surface area contributed by atoms with Crippen molar-refractivity contribution in [2.45, 2.75) is 0 Å². The van der Waals surface area contributed by atoms with Crippen molar-refractivity contribution in [2.75, 3.05) is 18.5 Å². The van der Waals surface area contributed by atoms with Gasteiger partial charge in [0.2, 0.25) is 0 Å². The lowest BCUT2D eigenvalue weighted by Gasteiger charge is -2.14. The van der Waals surface area contributed by atoms with E-state index in [0.717, 1.165) is 5.69 Å². The lowest BCUT2D eigenvalue weighted by atomic mass is 10.3. The SMILES string of the molecule is CN(CC#N)c1ccc(O)cc1. The molecule has 0 atom stereocenters. The number of phenolic OH excluding ortho intramolecular Hbond substituents is 1. The summed E-state index contributed by atoms with van der Waals surface area (Å²) < 4.78 is 0. The summed E-state index contributed by atoms with van der Waals surface area (Å²) in [5.41, 5.74) is 0.925. The molecule has 0 amide bonds. The first-order valence-electron chi connectivity index (χ1n) is 3.61. The lowest BCUT2D eigenvalue weighted by Crippen LogP contribution is -2.16. The van der Waals surface area contributed by atoms with Crippen LogP contribution in [0.5, 0.6) is 5.75 Å². The average molecular weight is 162 g/mol. The summed E-state index contributed by atoms with van der Waals surface area (Å²) >= 11 is 0. The monoisotopic (exact) mass is 162 g/mol. The fourth-order valence-electron chi connectivity index (χ4n) is 0.904. The Hall–Kier alpha value is -1.69. The van der Waals surface area contributed by atoms with E-state index in [1.54, 1.807) is 29.2 Å². The summed E-state index contributed by atoms with van der Waals surface area (Å²) in [7, 11) is 1.83. The van der Waals surface area contributed by atoms with Crippen molar-refractivity contribution in [3.63, 3.8) is 0 Å². The molecule has 0 bridgehead atoms. The average Bonchev–Trinajstić information content (AvgIpc) is 2.06. The Morgan fingerprint density at radius 3 is 2.50 bits per heavy atom. The van der Waals surface area contributed by atoms with Crippen LogP contribution >= 0.6 is 0 Å². The van der Waals surface area contributed by atoms with Gasteiger partial charge in [-0.25, -0.2) is 0 Å². The lowest BCUT2D eigenvalue weighted by molar-refractivity contribution is 0.475. The number of phenols is 1. The fraction of sp³-hybridized carbons (Fsp3) is 0.222. The molecular formula is C9H10N2O. The Morgan fingerprint density at radius 2 is 2.00 bits per heavy atom. The molecule has 0 spiro atoms. The zero-order valence-corrected chi connectivity index (χ0v) is 6.86. The summed E-state index contributed by atoms with van der Waals surface area (Å²) in [5.74, 6) is 0.240. The third-order valence-corrected chi connectivity index (χ3v) is 1.60. The van der Waals surface area contributed by atoms with Crippen LogP contribution in [-0.4, -0.2) is 18.7 Å². The molecule has 1 rings (SSSR count). The summed E-state index contributed by atoms with van der Waals surface area (Å²) in [4.78, 5) is 1.80. The quantitative estimate of drug-likeness (QED) is 0.668. The molecule has 0 saturated heterocycles. The van der Waals surface area contributed by atoms with Crippen LogP contribution in [0.1, 0.15) is 0 Å². The predicted octanol–water partition coefficient (Wildman–Crippen LogP) is 1.35. The minimum atomic E-state index is 0.240. The van der Waals surface area contributed by atoms with Gasteiger partial charge in [-0.05, 0) is 24.3 Å². The van der Waals surface area contributed by atoms with Crippen molar-refractivity contribution in [1.82, 2.24) is 0 Å². The van der Waals surface area contributed by atoms with E-state index < -0.39 is 0 Å². The highest BCUT2D eigenvalue weighted by molar-refractivity contribution is 5.48. The van der Waals surface area contributed by atoms with Crippen LogP contribution in [-0.2, 0) is 0 Å². The third-order valence-electron chi connectivity index (χ3n) is 1.60. The van der Waals surface area contributed by atoms with Gasteiger partial charge in [0.1, 0.15) is 12.3 Å². The van der Waals surface area contributed by atoms with Gasteiger partial charge in [-0.1, -0.05) is 0 Å². The van der Waals surface area contributed by atoms with Gasteiger partial charge < -0.3 is 10.0 Å². The highest BCUT2D eigenvalue weighted by atomic mass is 16.3. The molecule has 1 aromatic carbocycles. The van der Waals surface area contributed by atoms with E-state index in [4.69, 9.17) is 10.4 Å². The van der Waals surface area contributed by atoms with E-state index in [1.165, 1.54) is 0 Å². The van der Waals surface area contributed by atoms with Crippen LogP contribution in [0.25, 0.3) is 0 Å². The second-order valence-electron chi connectivity index (χ2n) is 2.53. The highest BCUT2D eigenvalue weighted by Crippen LogP contribution is 2.16. The van der Waals surface area contributed by atoms with Gasteiger partial charge in [0.15, 0.2) is 0 Å². The van der Waals surface area contributed by atoms with E-state index in [0.29, 0.717) is 6.54 Å². The zero-order valence-electron chi connectivity index (χ0n) is 6.86. The molecule has 0 radical (unpaired) electrons. The molecule has 0 unspecified atom stereocenters. The van der Waals surface area contributed by atoms with Gasteiger partial charge in [-0.3, -0.25) is 0 Å². The van der Waals surface area contributed by atoms with Gasteiger partial charge >= 0.3 is 0 Å². The first kappa shape index (κ1) is 8.41. The highest BCUT2D eigenvalue weighted by Gasteiger charge is 1.97. The predicted molar refractivity (Wildman–Crippen MR) is 47.0 cm³/mol. The molecule has 3 heteroatoms. The molecule has 0 heterocycles. The number of benzene rings is 1.